The van der Waals surface area contributed by atoms with E-state index in [2.05, 4.69) is 0 Å². The van der Waals surface area contributed by atoms with Crippen LogP contribution in [0.3, 0.4) is 0 Å². The van der Waals surface area contributed by atoms with Crippen molar-refractivity contribution in [3.8, 4) is 0 Å². The number of hydrogen-bond donors (Lipinski definition) is 0. The molecule has 0 radical (unpaired) electrons. The average molecular weight is 365 g/mol. The fourth-order valence-corrected chi connectivity index (χ4v) is 5.64. The Bertz CT molecular complexity index is 314. The second-order valence-electron chi connectivity index (χ2n) is 7.28. The van der Waals surface area contributed by atoms with Crippen molar-refractivity contribution in [2.45, 2.75) is 115 Å². The molecule has 5 heteroatoms. The third-order valence-corrected chi connectivity index (χ3v) is 6.73. The largest absolute Gasteiger partial charge is 0.424 e. The molecule has 2 aliphatic rings. The number of halogens is 1. The summed E-state index contributed by atoms with van der Waals surface area (Å²) in [6, 6.07) is 0. The first-order valence-electron chi connectivity index (χ1n) is 9.82. The van der Waals surface area contributed by atoms with Gasteiger partial charge in [0.2, 0.25) is 0 Å². The zero-order chi connectivity index (χ0) is 16.4. The molecule has 0 amide bonds. The molecule has 0 heterocycles. The van der Waals surface area contributed by atoms with Crippen molar-refractivity contribution in [2.75, 3.05) is 0 Å². The summed E-state index contributed by atoms with van der Waals surface area (Å²) < 4.78 is 24.2. The van der Waals surface area contributed by atoms with Crippen LogP contribution in [0, 0.1) is 0 Å². The summed E-state index contributed by atoms with van der Waals surface area (Å²) in [6.07, 6.45) is 18.7. The Hall–Kier alpha value is 0.440. The Kier molecular flexibility index (Phi) is 9.56. The second kappa shape index (κ2) is 11.1. The van der Waals surface area contributed by atoms with Gasteiger partial charge in [-0.1, -0.05) is 77.0 Å². The van der Waals surface area contributed by atoms with Crippen molar-refractivity contribution >= 4 is 18.2 Å². The van der Waals surface area contributed by atoms with Gasteiger partial charge in [0.1, 0.15) is 0 Å². The molecule has 0 unspecified atom stereocenters. The molecule has 0 spiro atoms. The molecule has 0 aromatic heterocycles. The fourth-order valence-electron chi connectivity index (χ4n) is 3.78. The van der Waals surface area contributed by atoms with E-state index in [9.17, 15) is 4.57 Å². The van der Waals surface area contributed by atoms with Crippen LogP contribution in [0.5, 0.6) is 0 Å². The lowest BCUT2D eigenvalue weighted by Gasteiger charge is -2.24. The highest BCUT2D eigenvalue weighted by Crippen LogP contribution is 2.57. The standard InChI is InChI=1S/C18H34ClO3P/c19-23(20,21-17-13-9-5-1-2-6-10-14-17)22-18-15-11-7-3-4-8-12-16-18/h17-18H,1-16H2. The van der Waals surface area contributed by atoms with Crippen LogP contribution in [0.1, 0.15) is 103 Å². The van der Waals surface area contributed by atoms with Crippen LogP contribution in [0.2, 0.25) is 0 Å². The summed E-state index contributed by atoms with van der Waals surface area (Å²) in [5.41, 5.74) is 0. The molecule has 23 heavy (non-hydrogen) atoms. The van der Waals surface area contributed by atoms with Gasteiger partial charge in [-0.25, -0.2) is 4.57 Å². The fraction of sp³-hybridized carbons (Fsp3) is 1.00. The van der Waals surface area contributed by atoms with Crippen LogP contribution in [0.4, 0.5) is 0 Å². The monoisotopic (exact) mass is 364 g/mol. The molecule has 0 N–H and O–H groups in total. The molecule has 136 valence electrons. The molecule has 2 saturated carbocycles. The first-order valence-corrected chi connectivity index (χ1v) is 12.3. The van der Waals surface area contributed by atoms with E-state index in [1.165, 1.54) is 51.4 Å². The van der Waals surface area contributed by atoms with Gasteiger partial charge in [0.15, 0.2) is 0 Å². The molecule has 0 saturated heterocycles. The van der Waals surface area contributed by atoms with Crippen molar-refractivity contribution in [3.63, 3.8) is 0 Å². The van der Waals surface area contributed by atoms with E-state index in [4.69, 9.17) is 20.3 Å². The first kappa shape index (κ1) is 19.8. The predicted molar refractivity (Wildman–Crippen MR) is 97.1 cm³/mol. The molecule has 3 nitrogen and oxygen atoms in total. The summed E-state index contributed by atoms with van der Waals surface area (Å²) in [6.45, 7) is -3.45. The van der Waals surface area contributed by atoms with Gasteiger partial charge >= 0.3 is 6.95 Å². The van der Waals surface area contributed by atoms with E-state index in [-0.39, 0.29) is 12.2 Å². The van der Waals surface area contributed by atoms with Gasteiger partial charge in [-0.3, -0.25) is 9.05 Å². The SMILES string of the molecule is O=P(Cl)(OC1CCCCCCCC1)OC1CCCCCCCC1. The highest BCUT2D eigenvalue weighted by atomic mass is 35.7. The Morgan fingerprint density at radius 1 is 0.565 bits per heavy atom. The van der Waals surface area contributed by atoms with Crippen LogP contribution in [0.15, 0.2) is 0 Å². The van der Waals surface area contributed by atoms with Crippen molar-refractivity contribution in [2.24, 2.45) is 0 Å². The molecule has 2 aliphatic carbocycles. The van der Waals surface area contributed by atoms with Crippen LogP contribution in [0.25, 0.3) is 0 Å². The molecule has 0 atom stereocenters. The van der Waals surface area contributed by atoms with Gasteiger partial charge in [-0.15, -0.1) is 0 Å². The normalized spacial score (nSPS) is 24.7. The zero-order valence-corrected chi connectivity index (χ0v) is 16.2. The Morgan fingerprint density at radius 3 is 1.13 bits per heavy atom. The maximum atomic E-state index is 12.6. The first-order chi connectivity index (χ1) is 11.2. The van der Waals surface area contributed by atoms with Crippen molar-refractivity contribution < 1.29 is 13.6 Å². The lowest BCUT2D eigenvalue weighted by Crippen LogP contribution is -2.15. The number of rotatable bonds is 4. The second-order valence-corrected chi connectivity index (χ2v) is 9.81. The van der Waals surface area contributed by atoms with E-state index >= 15 is 0 Å². The van der Waals surface area contributed by atoms with Crippen LogP contribution in [-0.2, 0) is 13.6 Å². The Labute approximate surface area is 147 Å². The summed E-state index contributed by atoms with van der Waals surface area (Å²) >= 11 is 6.18. The minimum Gasteiger partial charge on any atom is -0.294 e. The van der Waals surface area contributed by atoms with Crippen molar-refractivity contribution in [1.29, 1.82) is 0 Å². The van der Waals surface area contributed by atoms with Gasteiger partial charge in [0, 0.05) is 11.2 Å². The number of hydrogen-bond acceptors (Lipinski definition) is 3. The quantitative estimate of drug-likeness (QED) is 0.488. The van der Waals surface area contributed by atoms with Gasteiger partial charge in [0.25, 0.3) is 0 Å². The molecule has 2 rings (SSSR count). The predicted octanol–water partition coefficient (Wildman–Crippen LogP) is 7.37. The molecule has 0 bridgehead atoms. The van der Waals surface area contributed by atoms with E-state index < -0.39 is 6.95 Å². The molecule has 0 aromatic rings. The van der Waals surface area contributed by atoms with Gasteiger partial charge in [-0.05, 0) is 25.7 Å². The van der Waals surface area contributed by atoms with E-state index in [1.807, 2.05) is 0 Å². The van der Waals surface area contributed by atoms with E-state index in [1.54, 1.807) is 0 Å². The Morgan fingerprint density at radius 2 is 0.826 bits per heavy atom. The Balaban J connectivity index is 1.81. The average Bonchev–Trinajstić information content (AvgIpc) is 2.70. The van der Waals surface area contributed by atoms with Crippen molar-refractivity contribution in [3.05, 3.63) is 0 Å². The highest BCUT2D eigenvalue weighted by molar-refractivity contribution is 7.81. The smallest absolute Gasteiger partial charge is 0.294 e. The summed E-state index contributed by atoms with van der Waals surface area (Å²) in [4.78, 5) is 0. The van der Waals surface area contributed by atoms with Gasteiger partial charge < -0.3 is 0 Å². The highest BCUT2D eigenvalue weighted by Gasteiger charge is 2.30. The molecule has 2 fully saturated rings. The topological polar surface area (TPSA) is 35.5 Å². The third-order valence-electron chi connectivity index (χ3n) is 5.15. The van der Waals surface area contributed by atoms with Gasteiger partial charge in [0.05, 0.1) is 12.2 Å². The third kappa shape index (κ3) is 8.91. The lowest BCUT2D eigenvalue weighted by atomic mass is 10.1. The molecular weight excluding hydrogens is 331 g/mol. The summed E-state index contributed by atoms with van der Waals surface area (Å²) in [5, 5.41) is 0. The zero-order valence-electron chi connectivity index (χ0n) is 14.5. The molecule has 0 aliphatic heterocycles. The maximum absolute atomic E-state index is 12.6. The summed E-state index contributed by atoms with van der Waals surface area (Å²) in [7, 11) is 0. The minimum absolute atomic E-state index is 0.00719. The van der Waals surface area contributed by atoms with Crippen LogP contribution in [-0.4, -0.2) is 12.2 Å². The minimum atomic E-state index is -3.45. The van der Waals surface area contributed by atoms with Crippen molar-refractivity contribution in [1.82, 2.24) is 0 Å². The molecule has 0 aromatic carbocycles. The maximum Gasteiger partial charge on any atom is 0.424 e. The lowest BCUT2D eigenvalue weighted by molar-refractivity contribution is 0.103. The molecular formula is C18H34ClO3P. The van der Waals surface area contributed by atoms with E-state index in [0.29, 0.717) is 0 Å². The summed E-state index contributed by atoms with van der Waals surface area (Å²) in [5.74, 6) is 0. The van der Waals surface area contributed by atoms with Gasteiger partial charge in [-0.2, -0.15) is 0 Å². The van der Waals surface area contributed by atoms with E-state index in [0.717, 1.165) is 51.4 Å². The van der Waals surface area contributed by atoms with Crippen LogP contribution >= 0.6 is 18.2 Å². The van der Waals surface area contributed by atoms with Crippen LogP contribution < -0.4 is 0 Å².